The third-order valence-electron chi connectivity index (χ3n) is 3.71. The van der Waals surface area contributed by atoms with Gasteiger partial charge in [-0.15, -0.1) is 0 Å². The molecule has 0 saturated carbocycles. The summed E-state index contributed by atoms with van der Waals surface area (Å²) in [5.41, 5.74) is 7.39. The zero-order chi connectivity index (χ0) is 17.8. The number of hydrogen-bond acceptors (Lipinski definition) is 5. The Bertz CT molecular complexity index is 953. The van der Waals surface area contributed by atoms with Gasteiger partial charge in [-0.2, -0.15) is 5.10 Å². The molecule has 0 bridgehead atoms. The van der Waals surface area contributed by atoms with Gasteiger partial charge in [-0.05, 0) is 43.3 Å². The Morgan fingerprint density at radius 2 is 1.84 bits per heavy atom. The number of aromatic nitrogens is 2. The zero-order valence-corrected chi connectivity index (χ0v) is 14.9. The van der Waals surface area contributed by atoms with Crippen LogP contribution in [0.5, 0.6) is 5.75 Å². The van der Waals surface area contributed by atoms with Crippen LogP contribution in [0.3, 0.4) is 0 Å². The fraction of sp³-hybridized carbons (Fsp3) is 0.158. The first-order valence-corrected chi connectivity index (χ1v) is 8.72. The molecular weight excluding hydrogens is 334 g/mol. The number of aryl methyl sites for hydroxylation is 1. The smallest absolute Gasteiger partial charge is 0.289 e. The molecule has 1 heterocycles. The van der Waals surface area contributed by atoms with Crippen LogP contribution in [-0.2, 0) is 6.54 Å². The van der Waals surface area contributed by atoms with Gasteiger partial charge in [0.2, 0.25) is 0 Å². The number of benzene rings is 2. The van der Waals surface area contributed by atoms with E-state index in [-0.39, 0.29) is 11.2 Å². The first-order chi connectivity index (χ1) is 12.1. The number of rotatable bonds is 5. The summed E-state index contributed by atoms with van der Waals surface area (Å²) < 4.78 is 6.65. The van der Waals surface area contributed by atoms with Gasteiger partial charge >= 0.3 is 0 Å². The Morgan fingerprint density at radius 3 is 2.56 bits per heavy atom. The molecule has 0 radical (unpaired) electrons. The fourth-order valence-corrected chi connectivity index (χ4v) is 3.36. The van der Waals surface area contributed by atoms with E-state index in [1.54, 1.807) is 24.9 Å². The number of hydrogen-bond donors (Lipinski definition) is 1. The highest BCUT2D eigenvalue weighted by molar-refractivity contribution is 7.99. The van der Waals surface area contributed by atoms with Gasteiger partial charge in [-0.3, -0.25) is 4.79 Å². The number of nitrogens with zero attached hydrogens (tertiary/aromatic N) is 2. The van der Waals surface area contributed by atoms with Crippen LogP contribution in [0.1, 0.15) is 6.92 Å². The maximum atomic E-state index is 11.9. The molecule has 5 nitrogen and oxygen atoms in total. The van der Waals surface area contributed by atoms with E-state index >= 15 is 0 Å². The van der Waals surface area contributed by atoms with Crippen molar-refractivity contribution in [1.82, 2.24) is 9.78 Å². The summed E-state index contributed by atoms with van der Waals surface area (Å²) in [6, 6.07) is 17.5. The summed E-state index contributed by atoms with van der Waals surface area (Å²) >= 11 is 1.64. The lowest BCUT2D eigenvalue weighted by Crippen LogP contribution is -2.24. The number of ether oxygens (including phenoxy) is 1. The topological polar surface area (TPSA) is 70.1 Å². The number of nitrogens with two attached hydrogens (primary N) is 1. The largest absolute Gasteiger partial charge is 0.497 e. The predicted octanol–water partition coefficient (Wildman–Crippen LogP) is 3.67. The van der Waals surface area contributed by atoms with Crippen molar-refractivity contribution in [3.63, 3.8) is 0 Å². The van der Waals surface area contributed by atoms with Gasteiger partial charge in [0, 0.05) is 21.9 Å². The second-order valence-corrected chi connectivity index (χ2v) is 6.56. The highest BCUT2D eigenvalue weighted by Gasteiger charge is 2.08. The van der Waals surface area contributed by atoms with Gasteiger partial charge < -0.3 is 10.5 Å². The Balaban J connectivity index is 1.94. The Hall–Kier alpha value is -2.73. The van der Waals surface area contributed by atoms with Crippen LogP contribution in [0.2, 0.25) is 0 Å². The van der Waals surface area contributed by atoms with Crippen molar-refractivity contribution < 1.29 is 4.74 Å². The minimum atomic E-state index is -0.256. The molecule has 2 N–H and O–H groups in total. The Labute approximate surface area is 150 Å². The molecule has 0 spiro atoms. The summed E-state index contributed by atoms with van der Waals surface area (Å²) in [6.07, 6.45) is 0. The van der Waals surface area contributed by atoms with Crippen molar-refractivity contribution in [2.24, 2.45) is 0 Å². The monoisotopic (exact) mass is 353 g/mol. The Kier molecular flexibility index (Phi) is 5.09. The minimum absolute atomic E-state index is 0.206. The van der Waals surface area contributed by atoms with Crippen LogP contribution < -0.4 is 16.0 Å². The van der Waals surface area contributed by atoms with Gasteiger partial charge in [-0.25, -0.2) is 4.68 Å². The summed E-state index contributed by atoms with van der Waals surface area (Å²) in [4.78, 5) is 14.1. The quantitative estimate of drug-likeness (QED) is 0.758. The van der Waals surface area contributed by atoms with E-state index in [2.05, 4.69) is 5.10 Å². The van der Waals surface area contributed by atoms with Gasteiger partial charge in [-0.1, -0.05) is 30.0 Å². The summed E-state index contributed by atoms with van der Waals surface area (Å²) in [7, 11) is 1.66. The number of methoxy groups -OCH3 is 1. The molecule has 3 aromatic rings. The van der Waals surface area contributed by atoms with Gasteiger partial charge in [0.05, 0.1) is 12.8 Å². The average molecular weight is 353 g/mol. The maximum Gasteiger partial charge on any atom is 0.289 e. The van der Waals surface area contributed by atoms with Crippen LogP contribution in [0, 0.1) is 0 Å². The van der Waals surface area contributed by atoms with Gasteiger partial charge in [0.1, 0.15) is 11.4 Å². The molecule has 0 aliphatic carbocycles. The number of anilines is 1. The normalized spacial score (nSPS) is 10.6. The molecule has 0 saturated heterocycles. The van der Waals surface area contributed by atoms with E-state index in [1.165, 1.54) is 4.68 Å². The van der Waals surface area contributed by atoms with Crippen molar-refractivity contribution in [3.8, 4) is 17.0 Å². The van der Waals surface area contributed by atoms with Crippen LogP contribution in [0.4, 0.5) is 5.69 Å². The van der Waals surface area contributed by atoms with Crippen LogP contribution in [-0.4, -0.2) is 16.9 Å². The molecular formula is C19H19N3O2S. The van der Waals surface area contributed by atoms with E-state index in [0.29, 0.717) is 12.2 Å². The van der Waals surface area contributed by atoms with Crippen molar-refractivity contribution in [2.45, 2.75) is 23.3 Å². The van der Waals surface area contributed by atoms with Gasteiger partial charge in [0.25, 0.3) is 5.56 Å². The van der Waals surface area contributed by atoms with E-state index in [1.807, 2.05) is 55.5 Å². The van der Waals surface area contributed by atoms with Crippen molar-refractivity contribution in [2.75, 3.05) is 12.8 Å². The van der Waals surface area contributed by atoms with E-state index in [9.17, 15) is 4.79 Å². The van der Waals surface area contributed by atoms with Crippen molar-refractivity contribution >= 4 is 17.4 Å². The molecule has 0 fully saturated rings. The molecule has 0 amide bonds. The highest BCUT2D eigenvalue weighted by atomic mass is 32.2. The molecule has 25 heavy (non-hydrogen) atoms. The second kappa shape index (κ2) is 7.44. The zero-order valence-electron chi connectivity index (χ0n) is 14.1. The van der Waals surface area contributed by atoms with Crippen LogP contribution >= 0.6 is 11.8 Å². The third kappa shape index (κ3) is 3.85. The van der Waals surface area contributed by atoms with Gasteiger partial charge in [0.15, 0.2) is 0 Å². The first-order valence-electron chi connectivity index (χ1n) is 7.90. The first kappa shape index (κ1) is 17.1. The molecule has 2 aromatic carbocycles. The summed E-state index contributed by atoms with van der Waals surface area (Å²) in [6.45, 7) is 2.35. The Morgan fingerprint density at radius 1 is 1.12 bits per heavy atom. The summed E-state index contributed by atoms with van der Waals surface area (Å²) in [5, 5.41) is 4.39. The lowest BCUT2D eigenvalue weighted by atomic mass is 10.1. The van der Waals surface area contributed by atoms with Crippen molar-refractivity contribution in [3.05, 3.63) is 65.0 Å². The highest BCUT2D eigenvalue weighted by Crippen LogP contribution is 2.32. The fourth-order valence-electron chi connectivity index (χ4n) is 2.44. The molecule has 1 aromatic heterocycles. The van der Waals surface area contributed by atoms with Crippen LogP contribution in [0.25, 0.3) is 11.3 Å². The predicted molar refractivity (Wildman–Crippen MR) is 101 cm³/mol. The SMILES string of the molecule is CCn1nc(-c2cccc(Sc3cccc(OC)c3)c2)cc(N)c1=O. The molecule has 0 unspecified atom stereocenters. The third-order valence-corrected chi connectivity index (χ3v) is 4.69. The molecule has 128 valence electrons. The average Bonchev–Trinajstić information content (AvgIpc) is 2.64. The van der Waals surface area contributed by atoms with Crippen LogP contribution in [0.15, 0.2) is 69.2 Å². The molecule has 6 heteroatoms. The second-order valence-electron chi connectivity index (χ2n) is 5.41. The standard InChI is InChI=1S/C19H19N3O2S/c1-3-22-19(23)17(20)12-18(21-22)13-6-4-8-15(10-13)25-16-9-5-7-14(11-16)24-2/h4-12H,3,20H2,1-2H3. The lowest BCUT2D eigenvalue weighted by molar-refractivity contribution is 0.413. The maximum absolute atomic E-state index is 11.9. The minimum Gasteiger partial charge on any atom is -0.497 e. The van der Waals surface area contributed by atoms with E-state index in [4.69, 9.17) is 10.5 Å². The van der Waals surface area contributed by atoms with E-state index < -0.39 is 0 Å². The van der Waals surface area contributed by atoms with Crippen molar-refractivity contribution in [1.29, 1.82) is 0 Å². The molecule has 0 aliphatic rings. The summed E-state index contributed by atoms with van der Waals surface area (Å²) in [5.74, 6) is 0.825. The number of nitrogen functional groups attached to an aromatic ring is 1. The van der Waals surface area contributed by atoms with E-state index in [0.717, 1.165) is 21.1 Å². The molecule has 0 atom stereocenters. The molecule has 0 aliphatic heterocycles. The molecule has 3 rings (SSSR count). The lowest BCUT2D eigenvalue weighted by Gasteiger charge is -2.09.